The summed E-state index contributed by atoms with van der Waals surface area (Å²) in [6.07, 6.45) is 6.54. The lowest BCUT2D eigenvalue weighted by Gasteiger charge is -2.27. The van der Waals surface area contributed by atoms with Crippen LogP contribution in [0.4, 0.5) is 4.39 Å². The van der Waals surface area contributed by atoms with Crippen LogP contribution in [0.5, 0.6) is 0 Å². The van der Waals surface area contributed by atoms with Crippen LogP contribution in [0.1, 0.15) is 36.7 Å². The SMILES string of the molecule is Cn1ccnc1[C@H](NC(=O)C1CCC1)c1ccc(F)cc1. The van der Waals surface area contributed by atoms with Crippen molar-refractivity contribution in [1.82, 2.24) is 14.9 Å². The molecule has 0 unspecified atom stereocenters. The van der Waals surface area contributed by atoms with Gasteiger partial charge >= 0.3 is 0 Å². The van der Waals surface area contributed by atoms with E-state index in [1.165, 1.54) is 12.1 Å². The molecule has 1 aromatic carbocycles. The molecule has 1 saturated carbocycles. The maximum atomic E-state index is 13.1. The van der Waals surface area contributed by atoms with Gasteiger partial charge < -0.3 is 9.88 Å². The van der Waals surface area contributed by atoms with E-state index in [1.54, 1.807) is 18.3 Å². The number of aromatic nitrogens is 2. The number of hydrogen-bond acceptors (Lipinski definition) is 2. The first-order valence-electron chi connectivity index (χ1n) is 7.18. The van der Waals surface area contributed by atoms with Crippen molar-refractivity contribution >= 4 is 5.91 Å². The number of hydrogen-bond donors (Lipinski definition) is 1. The number of carbonyl (C=O) groups is 1. The van der Waals surface area contributed by atoms with Crippen LogP contribution < -0.4 is 5.32 Å². The zero-order valence-corrected chi connectivity index (χ0v) is 11.9. The van der Waals surface area contributed by atoms with Crippen LogP contribution in [0.3, 0.4) is 0 Å². The van der Waals surface area contributed by atoms with E-state index in [2.05, 4.69) is 10.3 Å². The predicted octanol–water partition coefficient (Wildman–Crippen LogP) is 2.56. The zero-order chi connectivity index (χ0) is 14.8. The molecule has 5 heteroatoms. The molecule has 1 aliphatic carbocycles. The Labute approximate surface area is 123 Å². The summed E-state index contributed by atoms with van der Waals surface area (Å²) < 4.78 is 15.0. The Morgan fingerprint density at radius 1 is 1.38 bits per heavy atom. The Bertz CT molecular complexity index is 631. The highest BCUT2D eigenvalue weighted by Crippen LogP contribution is 2.28. The van der Waals surface area contributed by atoms with Crippen molar-refractivity contribution in [3.05, 3.63) is 53.9 Å². The Hall–Kier alpha value is -2.17. The third-order valence-electron chi connectivity index (χ3n) is 4.08. The average Bonchev–Trinajstić information content (AvgIpc) is 2.81. The highest BCUT2D eigenvalue weighted by molar-refractivity contribution is 5.80. The summed E-state index contributed by atoms with van der Waals surface area (Å²) in [6.45, 7) is 0. The van der Waals surface area contributed by atoms with Gasteiger partial charge in [-0.1, -0.05) is 18.6 Å². The summed E-state index contributed by atoms with van der Waals surface area (Å²) in [7, 11) is 1.88. The van der Waals surface area contributed by atoms with Crippen molar-refractivity contribution in [1.29, 1.82) is 0 Å². The molecular weight excluding hydrogens is 269 g/mol. The highest BCUT2D eigenvalue weighted by Gasteiger charge is 2.29. The topological polar surface area (TPSA) is 46.9 Å². The van der Waals surface area contributed by atoms with E-state index in [1.807, 2.05) is 17.8 Å². The molecule has 1 atom stereocenters. The van der Waals surface area contributed by atoms with E-state index in [-0.39, 0.29) is 23.7 Å². The predicted molar refractivity (Wildman–Crippen MR) is 76.9 cm³/mol. The van der Waals surface area contributed by atoms with Crippen molar-refractivity contribution in [2.24, 2.45) is 13.0 Å². The lowest BCUT2D eigenvalue weighted by Crippen LogP contribution is -2.38. The standard InChI is InChI=1S/C16H18FN3O/c1-20-10-9-18-15(20)14(11-5-7-13(17)8-6-11)19-16(21)12-3-2-4-12/h5-10,12,14H,2-4H2,1H3,(H,19,21)/t14-/m1/s1. The van der Waals surface area contributed by atoms with Crippen LogP contribution in [-0.4, -0.2) is 15.5 Å². The summed E-state index contributed by atoms with van der Waals surface area (Å²) in [6, 6.07) is 5.84. The van der Waals surface area contributed by atoms with Gasteiger partial charge in [-0.05, 0) is 30.5 Å². The minimum absolute atomic E-state index is 0.0542. The van der Waals surface area contributed by atoms with Crippen molar-refractivity contribution in [2.75, 3.05) is 0 Å². The number of amides is 1. The maximum absolute atomic E-state index is 13.1. The van der Waals surface area contributed by atoms with Gasteiger partial charge in [0.2, 0.25) is 5.91 Å². The number of halogens is 1. The first-order valence-corrected chi connectivity index (χ1v) is 7.18. The van der Waals surface area contributed by atoms with E-state index in [0.717, 1.165) is 30.7 Å². The summed E-state index contributed by atoms with van der Waals surface area (Å²) >= 11 is 0. The fourth-order valence-electron chi connectivity index (χ4n) is 2.54. The van der Waals surface area contributed by atoms with Crippen molar-refractivity contribution < 1.29 is 9.18 Å². The molecule has 1 heterocycles. The summed E-state index contributed by atoms with van der Waals surface area (Å²) in [5.41, 5.74) is 0.832. The van der Waals surface area contributed by atoms with Gasteiger partial charge in [0.05, 0.1) is 0 Å². The fourth-order valence-corrected chi connectivity index (χ4v) is 2.54. The van der Waals surface area contributed by atoms with Gasteiger partial charge in [0, 0.05) is 25.4 Å². The van der Waals surface area contributed by atoms with Crippen LogP contribution in [0.2, 0.25) is 0 Å². The van der Waals surface area contributed by atoms with Crippen molar-refractivity contribution in [3.63, 3.8) is 0 Å². The molecule has 0 aliphatic heterocycles. The highest BCUT2D eigenvalue weighted by atomic mass is 19.1. The first-order chi connectivity index (χ1) is 10.1. The van der Waals surface area contributed by atoms with Crippen molar-refractivity contribution in [2.45, 2.75) is 25.3 Å². The minimum Gasteiger partial charge on any atom is -0.342 e. The number of imidazole rings is 1. The van der Waals surface area contributed by atoms with Gasteiger partial charge in [0.15, 0.2) is 0 Å². The molecule has 0 spiro atoms. The Kier molecular flexibility index (Phi) is 3.73. The molecule has 3 rings (SSSR count). The molecule has 4 nitrogen and oxygen atoms in total. The number of rotatable bonds is 4. The molecule has 0 radical (unpaired) electrons. The average molecular weight is 287 g/mol. The quantitative estimate of drug-likeness (QED) is 0.939. The number of nitrogens with zero attached hydrogens (tertiary/aromatic N) is 2. The first kappa shape index (κ1) is 13.8. The van der Waals surface area contributed by atoms with Crippen LogP contribution in [0.25, 0.3) is 0 Å². The third kappa shape index (κ3) is 2.82. The molecule has 1 aliphatic rings. The lowest BCUT2D eigenvalue weighted by molar-refractivity contribution is -0.127. The van der Waals surface area contributed by atoms with E-state index in [4.69, 9.17) is 0 Å². The van der Waals surface area contributed by atoms with E-state index < -0.39 is 0 Å². The molecule has 1 amide bonds. The number of nitrogens with one attached hydrogen (secondary N) is 1. The van der Waals surface area contributed by atoms with E-state index in [0.29, 0.717) is 0 Å². The molecule has 1 fully saturated rings. The molecule has 0 saturated heterocycles. The third-order valence-corrected chi connectivity index (χ3v) is 4.08. The lowest BCUT2D eigenvalue weighted by atomic mass is 9.84. The van der Waals surface area contributed by atoms with Gasteiger partial charge in [0.25, 0.3) is 0 Å². The normalized spacial score (nSPS) is 16.3. The molecule has 0 bridgehead atoms. The Balaban J connectivity index is 1.89. The molecular formula is C16H18FN3O. The van der Waals surface area contributed by atoms with Gasteiger partial charge in [-0.25, -0.2) is 9.37 Å². The molecule has 21 heavy (non-hydrogen) atoms. The smallest absolute Gasteiger partial charge is 0.223 e. The summed E-state index contributed by atoms with van der Waals surface area (Å²) in [5, 5.41) is 3.05. The number of benzene rings is 1. The van der Waals surface area contributed by atoms with Crippen LogP contribution in [0, 0.1) is 11.7 Å². The van der Waals surface area contributed by atoms with Crippen molar-refractivity contribution in [3.8, 4) is 0 Å². The summed E-state index contributed by atoms with van der Waals surface area (Å²) in [5.74, 6) is 0.615. The largest absolute Gasteiger partial charge is 0.342 e. The molecule has 1 aromatic heterocycles. The zero-order valence-electron chi connectivity index (χ0n) is 11.9. The monoisotopic (exact) mass is 287 g/mol. The Morgan fingerprint density at radius 3 is 2.62 bits per heavy atom. The Morgan fingerprint density at radius 2 is 2.10 bits per heavy atom. The number of aryl methyl sites for hydroxylation is 1. The minimum atomic E-state index is -0.348. The van der Waals surface area contributed by atoms with E-state index >= 15 is 0 Å². The van der Waals surface area contributed by atoms with E-state index in [9.17, 15) is 9.18 Å². The second-order valence-electron chi connectivity index (χ2n) is 5.52. The second-order valence-corrected chi connectivity index (χ2v) is 5.52. The van der Waals surface area contributed by atoms with Crippen LogP contribution in [0.15, 0.2) is 36.7 Å². The van der Waals surface area contributed by atoms with Gasteiger partial charge in [-0.3, -0.25) is 4.79 Å². The molecule has 110 valence electrons. The second kappa shape index (κ2) is 5.68. The van der Waals surface area contributed by atoms with Crippen LogP contribution in [-0.2, 0) is 11.8 Å². The summed E-state index contributed by atoms with van der Waals surface area (Å²) in [4.78, 5) is 16.6. The molecule has 2 aromatic rings. The fraction of sp³-hybridized carbons (Fsp3) is 0.375. The molecule has 1 N–H and O–H groups in total. The van der Waals surface area contributed by atoms with Crippen LogP contribution >= 0.6 is 0 Å². The van der Waals surface area contributed by atoms with Gasteiger partial charge in [0.1, 0.15) is 17.7 Å². The number of carbonyl (C=O) groups excluding carboxylic acids is 1. The van der Waals surface area contributed by atoms with Gasteiger partial charge in [-0.2, -0.15) is 0 Å². The van der Waals surface area contributed by atoms with Gasteiger partial charge in [-0.15, -0.1) is 0 Å². The maximum Gasteiger partial charge on any atom is 0.223 e.